The predicted octanol–water partition coefficient (Wildman–Crippen LogP) is 3.21. The molecule has 3 amide bonds. The molecule has 2 aliphatic rings. The fourth-order valence-corrected chi connectivity index (χ4v) is 4.22. The predicted molar refractivity (Wildman–Crippen MR) is 87.6 cm³/mol. The summed E-state index contributed by atoms with van der Waals surface area (Å²) in [4.78, 5) is 27.5. The lowest BCUT2D eigenvalue weighted by Gasteiger charge is -2.42. The van der Waals surface area contributed by atoms with Crippen molar-refractivity contribution in [2.75, 3.05) is 19.8 Å². The molecule has 1 spiro atoms. The molecule has 5 nitrogen and oxygen atoms in total. The van der Waals surface area contributed by atoms with Gasteiger partial charge in [-0.25, -0.2) is 9.69 Å². The highest BCUT2D eigenvalue weighted by Crippen LogP contribution is 2.42. The number of nitrogens with zero attached hydrogens (tertiary/aromatic N) is 2. The third kappa shape index (κ3) is 4.10. The second-order valence-electron chi connectivity index (χ2n) is 7.93. The van der Waals surface area contributed by atoms with Crippen LogP contribution in [0.3, 0.4) is 0 Å². The first-order valence-corrected chi connectivity index (χ1v) is 8.90. The smallest absolute Gasteiger partial charge is 0.323 e. The van der Waals surface area contributed by atoms with Crippen molar-refractivity contribution in [1.82, 2.24) is 15.1 Å². The summed E-state index contributed by atoms with van der Waals surface area (Å²) in [5, 5.41) is 2.82. The molecule has 144 valence electrons. The number of hydrogen-bond acceptors (Lipinski definition) is 3. The van der Waals surface area contributed by atoms with Crippen molar-refractivity contribution < 1.29 is 22.8 Å². The van der Waals surface area contributed by atoms with Crippen molar-refractivity contribution in [3.63, 3.8) is 0 Å². The number of alkyl halides is 3. The number of amides is 3. The fraction of sp³-hybridized carbons (Fsp3) is 0.882. The Morgan fingerprint density at radius 3 is 2.28 bits per heavy atom. The van der Waals surface area contributed by atoms with E-state index < -0.39 is 24.3 Å². The van der Waals surface area contributed by atoms with Crippen LogP contribution in [0.4, 0.5) is 18.0 Å². The van der Waals surface area contributed by atoms with Gasteiger partial charge < -0.3 is 5.32 Å². The number of imide groups is 1. The van der Waals surface area contributed by atoms with Gasteiger partial charge in [-0.3, -0.25) is 9.69 Å². The van der Waals surface area contributed by atoms with Gasteiger partial charge in [0.05, 0.1) is 13.2 Å². The molecule has 1 aliphatic heterocycles. The highest BCUT2D eigenvalue weighted by atomic mass is 19.4. The molecule has 2 rings (SSSR count). The second-order valence-corrected chi connectivity index (χ2v) is 7.93. The summed E-state index contributed by atoms with van der Waals surface area (Å²) >= 11 is 0. The SMILES string of the molecule is CC(C)CN(CN1C(=O)NC2(C1=O)[C@H](C)CCC[C@@H]2C)CC(F)(F)F. The number of carbonyl (C=O) groups excluding carboxylic acids is 2. The maximum atomic E-state index is 13.0. The van der Waals surface area contributed by atoms with E-state index in [9.17, 15) is 22.8 Å². The summed E-state index contributed by atoms with van der Waals surface area (Å²) in [7, 11) is 0. The Morgan fingerprint density at radius 1 is 1.24 bits per heavy atom. The van der Waals surface area contributed by atoms with E-state index in [1.54, 1.807) is 0 Å². The third-order valence-corrected chi connectivity index (χ3v) is 5.35. The van der Waals surface area contributed by atoms with Gasteiger partial charge in [-0.2, -0.15) is 13.2 Å². The quantitative estimate of drug-likeness (QED) is 0.763. The molecule has 1 N–H and O–H groups in total. The molecule has 0 aromatic rings. The lowest BCUT2D eigenvalue weighted by Crippen LogP contribution is -2.59. The zero-order valence-electron chi connectivity index (χ0n) is 15.3. The molecular formula is C17H28F3N3O2. The van der Waals surface area contributed by atoms with Crippen LogP contribution in [-0.4, -0.2) is 53.2 Å². The molecule has 0 bridgehead atoms. The second kappa shape index (κ2) is 7.13. The highest BCUT2D eigenvalue weighted by molar-refractivity contribution is 6.07. The standard InChI is InChI=1S/C17H28F3N3O2/c1-11(2)8-22(9-16(18,19)20)10-23-14(24)17(21-15(23)25)12(3)6-5-7-13(17)4/h11-13H,5-10H2,1-4H3,(H,21,25)/t12-,13+,17?. The summed E-state index contributed by atoms with van der Waals surface area (Å²) in [5.74, 6) is -0.449. The molecule has 25 heavy (non-hydrogen) atoms. The first-order chi connectivity index (χ1) is 11.5. The average Bonchev–Trinajstić information content (AvgIpc) is 2.68. The molecule has 1 unspecified atom stereocenters. The zero-order valence-corrected chi connectivity index (χ0v) is 15.3. The summed E-state index contributed by atoms with van der Waals surface area (Å²) < 4.78 is 38.6. The monoisotopic (exact) mass is 363 g/mol. The molecular weight excluding hydrogens is 335 g/mol. The van der Waals surface area contributed by atoms with Crippen LogP contribution in [0.25, 0.3) is 0 Å². The van der Waals surface area contributed by atoms with Gasteiger partial charge in [-0.1, -0.05) is 34.1 Å². The van der Waals surface area contributed by atoms with Crippen molar-refractivity contribution in [2.24, 2.45) is 17.8 Å². The molecule has 3 atom stereocenters. The van der Waals surface area contributed by atoms with E-state index in [2.05, 4.69) is 5.32 Å². The summed E-state index contributed by atoms with van der Waals surface area (Å²) in [6.07, 6.45) is -1.75. The Bertz CT molecular complexity index is 512. The van der Waals surface area contributed by atoms with Crippen LogP contribution >= 0.6 is 0 Å². The number of carbonyl (C=O) groups is 2. The molecule has 1 saturated carbocycles. The lowest BCUT2D eigenvalue weighted by molar-refractivity contribution is -0.155. The average molecular weight is 363 g/mol. The minimum Gasteiger partial charge on any atom is -0.323 e. The van der Waals surface area contributed by atoms with Crippen molar-refractivity contribution in [2.45, 2.75) is 58.7 Å². The summed E-state index contributed by atoms with van der Waals surface area (Å²) in [6.45, 7) is 6.17. The van der Waals surface area contributed by atoms with Crippen LogP contribution in [0.1, 0.15) is 47.0 Å². The minimum atomic E-state index is -4.38. The Balaban J connectivity index is 2.20. The van der Waals surface area contributed by atoms with Gasteiger partial charge in [-0.15, -0.1) is 0 Å². The van der Waals surface area contributed by atoms with Gasteiger partial charge in [0.2, 0.25) is 0 Å². The van der Waals surface area contributed by atoms with E-state index in [1.807, 2.05) is 27.7 Å². The summed E-state index contributed by atoms with van der Waals surface area (Å²) in [6, 6.07) is -0.582. The topological polar surface area (TPSA) is 52.6 Å². The highest BCUT2D eigenvalue weighted by Gasteiger charge is 2.58. The van der Waals surface area contributed by atoms with E-state index in [-0.39, 0.29) is 36.9 Å². The van der Waals surface area contributed by atoms with E-state index >= 15 is 0 Å². The lowest BCUT2D eigenvalue weighted by atomic mass is 9.67. The van der Waals surface area contributed by atoms with Gasteiger partial charge in [0, 0.05) is 6.54 Å². The largest absolute Gasteiger partial charge is 0.401 e. The minimum absolute atomic E-state index is 0.00963. The first-order valence-electron chi connectivity index (χ1n) is 8.90. The molecule has 0 aromatic heterocycles. The third-order valence-electron chi connectivity index (χ3n) is 5.35. The van der Waals surface area contributed by atoms with Crippen molar-refractivity contribution in [1.29, 1.82) is 0 Å². The van der Waals surface area contributed by atoms with E-state index in [0.717, 1.165) is 29.1 Å². The normalized spacial score (nSPS) is 30.7. The Morgan fingerprint density at radius 2 is 1.80 bits per heavy atom. The van der Waals surface area contributed by atoms with Gasteiger partial charge in [0.1, 0.15) is 5.54 Å². The molecule has 0 aromatic carbocycles. The maximum Gasteiger partial charge on any atom is 0.401 e. The van der Waals surface area contributed by atoms with Crippen LogP contribution in [0, 0.1) is 17.8 Å². The maximum absolute atomic E-state index is 13.0. The Hall–Kier alpha value is -1.31. The van der Waals surface area contributed by atoms with E-state index in [4.69, 9.17) is 0 Å². The van der Waals surface area contributed by atoms with Crippen LogP contribution < -0.4 is 5.32 Å². The van der Waals surface area contributed by atoms with E-state index in [0.29, 0.717) is 0 Å². The number of nitrogens with one attached hydrogen (secondary N) is 1. The van der Waals surface area contributed by atoms with Gasteiger partial charge in [0.25, 0.3) is 5.91 Å². The number of hydrogen-bond donors (Lipinski definition) is 1. The Labute approximate surface area is 146 Å². The number of halogens is 3. The van der Waals surface area contributed by atoms with E-state index in [1.165, 1.54) is 0 Å². The molecule has 2 fully saturated rings. The van der Waals surface area contributed by atoms with Crippen molar-refractivity contribution in [3.8, 4) is 0 Å². The first kappa shape index (κ1) is 20.0. The molecule has 1 saturated heterocycles. The number of urea groups is 1. The fourth-order valence-electron chi connectivity index (χ4n) is 4.22. The van der Waals surface area contributed by atoms with Crippen LogP contribution in [-0.2, 0) is 4.79 Å². The van der Waals surface area contributed by atoms with Crippen molar-refractivity contribution in [3.05, 3.63) is 0 Å². The van der Waals surface area contributed by atoms with Crippen LogP contribution in [0.5, 0.6) is 0 Å². The van der Waals surface area contributed by atoms with Crippen molar-refractivity contribution >= 4 is 11.9 Å². The van der Waals surface area contributed by atoms with Gasteiger partial charge in [0.15, 0.2) is 0 Å². The molecule has 1 heterocycles. The molecule has 0 radical (unpaired) electrons. The Kier molecular flexibility index (Phi) is 5.71. The van der Waals surface area contributed by atoms with Crippen LogP contribution in [0.15, 0.2) is 0 Å². The number of rotatable bonds is 5. The molecule has 1 aliphatic carbocycles. The zero-order chi connectivity index (χ0) is 19.0. The van der Waals surface area contributed by atoms with Crippen LogP contribution in [0.2, 0.25) is 0 Å². The summed E-state index contributed by atoms with van der Waals surface area (Å²) in [5.41, 5.74) is -0.975. The van der Waals surface area contributed by atoms with Gasteiger partial charge in [-0.05, 0) is 30.6 Å². The molecule has 8 heteroatoms. The van der Waals surface area contributed by atoms with Gasteiger partial charge >= 0.3 is 12.2 Å².